The van der Waals surface area contributed by atoms with Crippen LogP contribution in [0.15, 0.2) is 12.7 Å². The maximum atomic E-state index is 11.9. The van der Waals surface area contributed by atoms with Gasteiger partial charge in [0.05, 0.1) is 21.1 Å². The Hall–Kier alpha value is -0.770. The lowest BCUT2D eigenvalue weighted by atomic mass is 10.2. The predicted molar refractivity (Wildman–Crippen MR) is 76.9 cm³/mol. The summed E-state index contributed by atoms with van der Waals surface area (Å²) in [7, 11) is 3.91. The number of hydrogen-bond donors (Lipinski definition) is 1. The highest BCUT2D eigenvalue weighted by atomic mass is 31.1. The van der Waals surface area contributed by atoms with E-state index in [4.69, 9.17) is 4.74 Å². The molecule has 0 saturated carbocycles. The Kier molecular flexibility index (Phi) is 8.07. The third-order valence-corrected chi connectivity index (χ3v) is 3.80. The molecule has 0 rings (SSSR count). The van der Waals surface area contributed by atoms with Crippen LogP contribution in [0, 0.1) is 0 Å². The Labute approximate surface area is 116 Å². The number of hydrogen-bond acceptors (Lipinski definition) is 4. The van der Waals surface area contributed by atoms with Crippen LogP contribution in [0.5, 0.6) is 0 Å². The Morgan fingerprint density at radius 2 is 2.00 bits per heavy atom. The summed E-state index contributed by atoms with van der Waals surface area (Å²) in [6, 6.07) is 0. The molecule has 0 heterocycles. The molecule has 110 valence electrons. The molecule has 2 unspecified atom stereocenters. The minimum Gasteiger partial charge on any atom is -0.459 e. The zero-order valence-corrected chi connectivity index (χ0v) is 13.2. The molecule has 0 aromatic rings. The Morgan fingerprint density at radius 3 is 2.42 bits per heavy atom. The Balaban J connectivity index is 4.44. The van der Waals surface area contributed by atoms with Crippen molar-refractivity contribution in [3.8, 4) is 0 Å². The lowest BCUT2D eigenvalue weighted by molar-refractivity contribution is -0.861. The normalized spacial score (nSPS) is 14.6. The molecular formula is C13H25NO4P+. The van der Waals surface area contributed by atoms with Gasteiger partial charge in [0.1, 0.15) is 20.8 Å². The molecule has 0 aliphatic rings. The van der Waals surface area contributed by atoms with Crippen LogP contribution in [0.4, 0.5) is 0 Å². The summed E-state index contributed by atoms with van der Waals surface area (Å²) in [4.78, 5) is 33.0. The van der Waals surface area contributed by atoms with Gasteiger partial charge >= 0.3 is 5.97 Å². The fraction of sp³-hybridized carbons (Fsp3) is 0.692. The van der Waals surface area contributed by atoms with Gasteiger partial charge in [-0.3, -0.25) is 4.79 Å². The number of carbonyl (C=O) groups excluding carboxylic acids is 2. The van der Waals surface area contributed by atoms with Crippen LogP contribution in [0.3, 0.4) is 0 Å². The van der Waals surface area contributed by atoms with E-state index >= 15 is 0 Å². The summed E-state index contributed by atoms with van der Waals surface area (Å²) in [6.45, 7) is 5.57. The van der Waals surface area contributed by atoms with Gasteiger partial charge in [-0.25, -0.2) is 4.79 Å². The quantitative estimate of drug-likeness (QED) is 0.302. The minimum atomic E-state index is -1.76. The van der Waals surface area contributed by atoms with Crippen molar-refractivity contribution in [1.29, 1.82) is 0 Å². The van der Waals surface area contributed by atoms with E-state index in [1.165, 1.54) is 0 Å². The monoisotopic (exact) mass is 290 g/mol. The summed E-state index contributed by atoms with van der Waals surface area (Å²) in [5.74, 6) is -0.513. The summed E-state index contributed by atoms with van der Waals surface area (Å²) < 4.78 is 5.61. The SMILES string of the molecule is C=CC(=O)OC(CCC)CP(O)C(=O)C[N+](C)(C)C. The molecule has 5 nitrogen and oxygen atoms in total. The molecule has 0 bridgehead atoms. The van der Waals surface area contributed by atoms with E-state index in [-0.39, 0.29) is 18.2 Å². The highest BCUT2D eigenvalue weighted by molar-refractivity contribution is 7.69. The van der Waals surface area contributed by atoms with Crippen LogP contribution in [0.2, 0.25) is 0 Å². The number of carbonyl (C=O) groups is 2. The van der Waals surface area contributed by atoms with Gasteiger partial charge < -0.3 is 14.1 Å². The average molecular weight is 290 g/mol. The summed E-state index contributed by atoms with van der Waals surface area (Å²) in [5.41, 5.74) is -0.168. The summed E-state index contributed by atoms with van der Waals surface area (Å²) in [6.07, 6.45) is 2.35. The second-order valence-corrected chi connectivity index (χ2v) is 7.14. The van der Waals surface area contributed by atoms with Crippen molar-refractivity contribution >= 4 is 19.6 Å². The zero-order chi connectivity index (χ0) is 15.1. The maximum Gasteiger partial charge on any atom is 0.330 e. The summed E-state index contributed by atoms with van der Waals surface area (Å²) >= 11 is 0. The molecule has 1 N–H and O–H groups in total. The van der Waals surface area contributed by atoms with Gasteiger partial charge in [-0.2, -0.15) is 0 Å². The minimum absolute atomic E-state index is 0.168. The van der Waals surface area contributed by atoms with Crippen LogP contribution >= 0.6 is 8.15 Å². The summed E-state index contributed by atoms with van der Waals surface area (Å²) in [5, 5.41) is 0. The molecule has 2 atom stereocenters. The van der Waals surface area contributed by atoms with E-state index in [0.717, 1.165) is 12.5 Å². The van der Waals surface area contributed by atoms with E-state index in [2.05, 4.69) is 6.58 Å². The Morgan fingerprint density at radius 1 is 1.42 bits per heavy atom. The van der Waals surface area contributed by atoms with Crippen LogP contribution < -0.4 is 0 Å². The van der Waals surface area contributed by atoms with Gasteiger partial charge in [-0.05, 0) is 6.42 Å². The number of quaternary nitrogens is 1. The van der Waals surface area contributed by atoms with Gasteiger partial charge in [-0.1, -0.05) is 19.9 Å². The van der Waals surface area contributed by atoms with Crippen molar-refractivity contribution < 1.29 is 23.7 Å². The number of likely N-dealkylation sites (N-methyl/N-ethyl adjacent to an activating group) is 1. The van der Waals surface area contributed by atoms with Crippen molar-refractivity contribution in [2.24, 2.45) is 0 Å². The second kappa shape index (κ2) is 8.41. The largest absolute Gasteiger partial charge is 0.459 e. The van der Waals surface area contributed by atoms with Gasteiger partial charge in [0.25, 0.3) is 0 Å². The molecule has 0 saturated heterocycles. The fourth-order valence-electron chi connectivity index (χ4n) is 1.50. The zero-order valence-electron chi connectivity index (χ0n) is 12.3. The average Bonchev–Trinajstić information content (AvgIpc) is 2.26. The standard InChI is InChI=1S/C13H25NO4P/c1-6-8-11(18-12(15)7-2)10-19(17)13(16)9-14(3,4)5/h7,11,17H,2,6,8-10H2,1,3-5H3/q+1. The van der Waals surface area contributed by atoms with Gasteiger partial charge in [-0.15, -0.1) is 0 Å². The van der Waals surface area contributed by atoms with E-state index < -0.39 is 20.2 Å². The van der Waals surface area contributed by atoms with E-state index in [9.17, 15) is 14.5 Å². The highest BCUT2D eigenvalue weighted by Crippen LogP contribution is 2.34. The molecule has 0 aromatic heterocycles. The molecule has 0 amide bonds. The molecule has 0 fully saturated rings. The molecule has 19 heavy (non-hydrogen) atoms. The second-order valence-electron chi connectivity index (χ2n) is 5.48. The maximum absolute atomic E-state index is 11.9. The molecule has 0 aliphatic heterocycles. The van der Waals surface area contributed by atoms with Gasteiger partial charge in [0, 0.05) is 12.2 Å². The van der Waals surface area contributed by atoms with E-state index in [0.29, 0.717) is 10.9 Å². The number of rotatable bonds is 9. The molecule has 0 aromatic carbocycles. The van der Waals surface area contributed by atoms with Gasteiger partial charge in [0.15, 0.2) is 0 Å². The predicted octanol–water partition coefficient (Wildman–Crippen LogP) is 1.51. The first-order valence-corrected chi connectivity index (χ1v) is 7.80. The topological polar surface area (TPSA) is 63.6 Å². The van der Waals surface area contributed by atoms with Gasteiger partial charge in [0.2, 0.25) is 5.52 Å². The molecule has 6 heteroatoms. The van der Waals surface area contributed by atoms with E-state index in [1.54, 1.807) is 0 Å². The molecular weight excluding hydrogens is 265 g/mol. The highest BCUT2D eigenvalue weighted by Gasteiger charge is 2.26. The lowest BCUT2D eigenvalue weighted by Gasteiger charge is -2.25. The molecule has 0 aliphatic carbocycles. The third kappa shape index (κ3) is 8.87. The van der Waals surface area contributed by atoms with Crippen molar-refractivity contribution in [1.82, 2.24) is 0 Å². The van der Waals surface area contributed by atoms with Crippen LogP contribution in [-0.4, -0.2) is 60.8 Å². The van der Waals surface area contributed by atoms with Crippen molar-refractivity contribution in [2.75, 3.05) is 33.8 Å². The van der Waals surface area contributed by atoms with Crippen LogP contribution in [0.1, 0.15) is 19.8 Å². The fourth-order valence-corrected chi connectivity index (χ4v) is 2.94. The number of nitrogens with zero attached hydrogens (tertiary/aromatic N) is 1. The first-order chi connectivity index (χ1) is 8.69. The third-order valence-electron chi connectivity index (χ3n) is 2.33. The van der Waals surface area contributed by atoms with Crippen LogP contribution in [-0.2, 0) is 14.3 Å². The first kappa shape index (κ1) is 18.2. The molecule has 0 spiro atoms. The van der Waals surface area contributed by atoms with Crippen molar-refractivity contribution in [3.63, 3.8) is 0 Å². The lowest BCUT2D eigenvalue weighted by Crippen LogP contribution is -2.39. The number of esters is 1. The first-order valence-electron chi connectivity index (χ1n) is 6.32. The Bertz CT molecular complexity index is 325. The molecule has 0 radical (unpaired) electrons. The van der Waals surface area contributed by atoms with Crippen molar-refractivity contribution in [3.05, 3.63) is 12.7 Å². The van der Waals surface area contributed by atoms with E-state index in [1.807, 2.05) is 28.1 Å². The van der Waals surface area contributed by atoms with Crippen LogP contribution in [0.25, 0.3) is 0 Å². The van der Waals surface area contributed by atoms with Crippen molar-refractivity contribution in [2.45, 2.75) is 25.9 Å². The smallest absolute Gasteiger partial charge is 0.330 e. The number of ether oxygens (including phenoxy) is 1.